The summed E-state index contributed by atoms with van der Waals surface area (Å²) in [6, 6.07) is 3.47. The Kier molecular flexibility index (Phi) is 5.11. The number of nitro benzene ring substituents is 1. The van der Waals surface area contributed by atoms with Crippen LogP contribution in [0.15, 0.2) is 18.2 Å². The van der Waals surface area contributed by atoms with Crippen LogP contribution in [0.25, 0.3) is 0 Å². The first-order chi connectivity index (χ1) is 8.81. The van der Waals surface area contributed by atoms with Crippen LogP contribution < -0.4 is 11.1 Å². The van der Waals surface area contributed by atoms with Gasteiger partial charge in [0.1, 0.15) is 6.04 Å². The van der Waals surface area contributed by atoms with Crippen molar-refractivity contribution in [1.29, 1.82) is 0 Å². The van der Waals surface area contributed by atoms with Crippen molar-refractivity contribution in [3.63, 3.8) is 0 Å². The summed E-state index contributed by atoms with van der Waals surface area (Å²) >= 11 is 5.94. The largest absolute Gasteiger partial charge is 0.372 e. The summed E-state index contributed by atoms with van der Waals surface area (Å²) in [5, 5.41) is 13.7. The molecule has 1 aromatic rings. The van der Waals surface area contributed by atoms with Crippen LogP contribution in [0, 0.1) is 16.0 Å². The van der Waals surface area contributed by atoms with Gasteiger partial charge in [0, 0.05) is 12.1 Å². The minimum atomic E-state index is -0.557. The van der Waals surface area contributed by atoms with Crippen molar-refractivity contribution in [3.8, 4) is 0 Å². The number of hydrogen-bond donors (Lipinski definition) is 2. The zero-order valence-electron chi connectivity index (χ0n) is 10.7. The number of halogens is 1. The molecule has 1 atom stereocenters. The third-order valence-electron chi connectivity index (χ3n) is 2.54. The SMILES string of the molecule is CC(C)C[C@H](Nc1ccc([N+](=O)[O-])cc1Cl)C(N)=O. The van der Waals surface area contributed by atoms with Crippen molar-refractivity contribution in [3.05, 3.63) is 33.3 Å². The molecule has 6 nitrogen and oxygen atoms in total. The van der Waals surface area contributed by atoms with Crippen LogP contribution in [0.3, 0.4) is 0 Å². The van der Waals surface area contributed by atoms with Gasteiger partial charge in [0.15, 0.2) is 0 Å². The number of nitrogens with zero attached hydrogens (tertiary/aromatic N) is 1. The molecule has 0 aromatic heterocycles. The van der Waals surface area contributed by atoms with Gasteiger partial charge in [0.25, 0.3) is 5.69 Å². The fourth-order valence-electron chi connectivity index (χ4n) is 1.64. The third-order valence-corrected chi connectivity index (χ3v) is 2.86. The van der Waals surface area contributed by atoms with Gasteiger partial charge in [0.05, 0.1) is 15.6 Å². The van der Waals surface area contributed by atoms with Crippen LogP contribution >= 0.6 is 11.6 Å². The maximum absolute atomic E-state index is 11.3. The Hall–Kier alpha value is -1.82. The van der Waals surface area contributed by atoms with Crippen LogP contribution in [0.2, 0.25) is 5.02 Å². The first kappa shape index (κ1) is 15.2. The van der Waals surface area contributed by atoms with Gasteiger partial charge in [-0.25, -0.2) is 0 Å². The lowest BCUT2D eigenvalue weighted by atomic mass is 10.0. The lowest BCUT2D eigenvalue weighted by Crippen LogP contribution is -2.36. The lowest BCUT2D eigenvalue weighted by Gasteiger charge is -2.19. The number of rotatable bonds is 6. The molecule has 19 heavy (non-hydrogen) atoms. The zero-order valence-corrected chi connectivity index (χ0v) is 11.5. The highest BCUT2D eigenvalue weighted by molar-refractivity contribution is 6.33. The highest BCUT2D eigenvalue weighted by Crippen LogP contribution is 2.27. The summed E-state index contributed by atoms with van der Waals surface area (Å²) in [6.45, 7) is 3.93. The second kappa shape index (κ2) is 6.38. The molecule has 3 N–H and O–H groups in total. The molecule has 1 aromatic carbocycles. The molecule has 0 fully saturated rings. The average Bonchev–Trinajstić information content (AvgIpc) is 2.29. The molecule has 0 saturated carbocycles. The molecule has 0 aliphatic heterocycles. The number of hydrogen-bond acceptors (Lipinski definition) is 4. The number of non-ortho nitro benzene ring substituents is 1. The van der Waals surface area contributed by atoms with E-state index in [4.69, 9.17) is 17.3 Å². The predicted molar refractivity (Wildman–Crippen MR) is 74.2 cm³/mol. The van der Waals surface area contributed by atoms with Gasteiger partial charge in [-0.2, -0.15) is 0 Å². The molecule has 1 rings (SSSR count). The smallest absolute Gasteiger partial charge is 0.271 e. The highest BCUT2D eigenvalue weighted by Gasteiger charge is 2.18. The molecule has 0 saturated heterocycles. The lowest BCUT2D eigenvalue weighted by molar-refractivity contribution is -0.384. The molecule has 7 heteroatoms. The van der Waals surface area contributed by atoms with E-state index in [-0.39, 0.29) is 16.6 Å². The van der Waals surface area contributed by atoms with E-state index in [1.165, 1.54) is 18.2 Å². The molecule has 0 heterocycles. The maximum Gasteiger partial charge on any atom is 0.271 e. The summed E-state index contributed by atoms with van der Waals surface area (Å²) in [5.41, 5.74) is 5.66. The van der Waals surface area contributed by atoms with Crippen molar-refractivity contribution in [2.75, 3.05) is 5.32 Å². The van der Waals surface area contributed by atoms with Gasteiger partial charge in [-0.1, -0.05) is 25.4 Å². The van der Waals surface area contributed by atoms with E-state index in [0.29, 0.717) is 12.1 Å². The molecular formula is C12H16ClN3O3. The van der Waals surface area contributed by atoms with Gasteiger partial charge in [-0.15, -0.1) is 0 Å². The highest BCUT2D eigenvalue weighted by atomic mass is 35.5. The second-order valence-electron chi connectivity index (χ2n) is 4.65. The Morgan fingerprint density at radius 3 is 2.58 bits per heavy atom. The fourth-order valence-corrected chi connectivity index (χ4v) is 1.87. The van der Waals surface area contributed by atoms with E-state index in [1.807, 2.05) is 13.8 Å². The van der Waals surface area contributed by atoms with E-state index in [9.17, 15) is 14.9 Å². The Labute approximate surface area is 116 Å². The van der Waals surface area contributed by atoms with E-state index in [0.717, 1.165) is 0 Å². The van der Waals surface area contributed by atoms with Gasteiger partial charge in [-0.3, -0.25) is 14.9 Å². The second-order valence-corrected chi connectivity index (χ2v) is 5.06. The van der Waals surface area contributed by atoms with E-state index < -0.39 is 16.9 Å². The normalized spacial score (nSPS) is 12.2. The van der Waals surface area contributed by atoms with E-state index in [2.05, 4.69) is 5.32 Å². The zero-order chi connectivity index (χ0) is 14.6. The molecule has 1 amide bonds. The van der Waals surface area contributed by atoms with E-state index >= 15 is 0 Å². The van der Waals surface area contributed by atoms with Crippen LogP contribution in [0.1, 0.15) is 20.3 Å². The number of nitro groups is 1. The number of nitrogens with one attached hydrogen (secondary N) is 1. The molecule has 0 spiro atoms. The minimum Gasteiger partial charge on any atom is -0.372 e. The van der Waals surface area contributed by atoms with Gasteiger partial charge < -0.3 is 11.1 Å². The third kappa shape index (κ3) is 4.40. The number of amides is 1. The summed E-state index contributed by atoms with van der Waals surface area (Å²) in [4.78, 5) is 21.4. The predicted octanol–water partition coefficient (Wildman–Crippen LogP) is 2.56. The molecule has 0 unspecified atom stereocenters. The first-order valence-corrected chi connectivity index (χ1v) is 6.19. The average molecular weight is 286 g/mol. The molecule has 104 valence electrons. The Balaban J connectivity index is 2.91. The number of nitrogens with two attached hydrogens (primary N) is 1. The molecule has 0 aliphatic carbocycles. The van der Waals surface area contributed by atoms with Crippen molar-refractivity contribution in [2.24, 2.45) is 11.7 Å². The Morgan fingerprint density at radius 1 is 1.53 bits per heavy atom. The number of benzene rings is 1. The number of anilines is 1. The number of carbonyl (C=O) groups is 1. The van der Waals surface area contributed by atoms with Crippen LogP contribution in [-0.4, -0.2) is 16.9 Å². The van der Waals surface area contributed by atoms with Crippen molar-refractivity contribution in [1.82, 2.24) is 0 Å². The first-order valence-electron chi connectivity index (χ1n) is 5.81. The standard InChI is InChI=1S/C12H16ClN3O3/c1-7(2)5-11(12(14)17)15-10-4-3-8(16(18)19)6-9(10)13/h3-4,6-7,11,15H,5H2,1-2H3,(H2,14,17)/t11-/m0/s1. The maximum atomic E-state index is 11.3. The summed E-state index contributed by atoms with van der Waals surface area (Å²) in [5.74, 6) is -0.204. The van der Waals surface area contributed by atoms with Crippen LogP contribution in [0.4, 0.5) is 11.4 Å². The summed E-state index contributed by atoms with van der Waals surface area (Å²) < 4.78 is 0. The van der Waals surface area contributed by atoms with Crippen LogP contribution in [-0.2, 0) is 4.79 Å². The summed E-state index contributed by atoms with van der Waals surface area (Å²) in [7, 11) is 0. The molecule has 0 radical (unpaired) electrons. The fraction of sp³-hybridized carbons (Fsp3) is 0.417. The van der Waals surface area contributed by atoms with Crippen molar-refractivity contribution in [2.45, 2.75) is 26.3 Å². The van der Waals surface area contributed by atoms with Gasteiger partial charge >= 0.3 is 0 Å². The van der Waals surface area contributed by atoms with Crippen molar-refractivity contribution < 1.29 is 9.72 Å². The monoisotopic (exact) mass is 285 g/mol. The van der Waals surface area contributed by atoms with Gasteiger partial charge in [-0.05, 0) is 18.4 Å². The Bertz CT molecular complexity index is 491. The minimum absolute atomic E-state index is 0.102. The quantitative estimate of drug-likeness (QED) is 0.620. The topological polar surface area (TPSA) is 98.3 Å². The molecule has 0 aliphatic rings. The van der Waals surface area contributed by atoms with E-state index in [1.54, 1.807) is 0 Å². The number of primary amides is 1. The van der Waals surface area contributed by atoms with Gasteiger partial charge in [0.2, 0.25) is 5.91 Å². The summed E-state index contributed by atoms with van der Waals surface area (Å²) in [6.07, 6.45) is 0.558. The van der Waals surface area contributed by atoms with Crippen LogP contribution in [0.5, 0.6) is 0 Å². The molecule has 0 bridgehead atoms. The van der Waals surface area contributed by atoms with Crippen molar-refractivity contribution >= 4 is 28.9 Å². The molecular weight excluding hydrogens is 270 g/mol. The number of carbonyl (C=O) groups excluding carboxylic acids is 1. The Morgan fingerprint density at radius 2 is 2.16 bits per heavy atom.